The molecular weight excluding hydrogens is 332 g/mol. The lowest BCUT2D eigenvalue weighted by Crippen LogP contribution is -2.28. The van der Waals surface area contributed by atoms with Crippen molar-refractivity contribution in [1.29, 1.82) is 0 Å². The highest BCUT2D eigenvalue weighted by Crippen LogP contribution is 2.48. The lowest BCUT2D eigenvalue weighted by atomic mass is 9.88. The Morgan fingerprint density at radius 2 is 2.19 bits per heavy atom. The molecule has 2 fully saturated rings. The summed E-state index contributed by atoms with van der Waals surface area (Å²) in [7, 11) is 2.12. The predicted octanol–water partition coefficient (Wildman–Crippen LogP) is 4.23. The molecule has 21 heavy (non-hydrogen) atoms. The van der Waals surface area contributed by atoms with Crippen molar-refractivity contribution in [3.8, 4) is 0 Å². The molecule has 1 aromatic carbocycles. The Morgan fingerprint density at radius 3 is 2.81 bits per heavy atom. The molecule has 0 saturated heterocycles. The maximum absolute atomic E-state index is 11.0. The van der Waals surface area contributed by atoms with E-state index in [0.29, 0.717) is 4.47 Å². The Hall–Kier alpha value is -0.940. The number of fused-ring (bicyclic) bond motifs is 2. The molecule has 114 valence electrons. The summed E-state index contributed by atoms with van der Waals surface area (Å²) < 4.78 is 0.620. The second-order valence-electron chi connectivity index (χ2n) is 6.64. The minimum absolute atomic E-state index is 0.154. The van der Waals surface area contributed by atoms with Gasteiger partial charge in [-0.3, -0.25) is 10.1 Å². The summed E-state index contributed by atoms with van der Waals surface area (Å²) in [5.41, 5.74) is 1.15. The number of rotatable bonds is 5. The van der Waals surface area contributed by atoms with Crippen LogP contribution in [0.15, 0.2) is 22.7 Å². The van der Waals surface area contributed by atoms with Crippen molar-refractivity contribution in [3.05, 3.63) is 38.3 Å². The molecule has 3 unspecified atom stereocenters. The first-order valence-corrected chi connectivity index (χ1v) is 8.44. The highest BCUT2D eigenvalue weighted by atomic mass is 79.9. The standard InChI is InChI=1S/C16H21BrN2O2/c1-18(10-14-8-11-5-6-12(14)7-11)9-13-3-2-4-15(16(13)17)19(20)21/h2-4,11-12,14H,5-10H2,1H3. The van der Waals surface area contributed by atoms with Crippen LogP contribution in [0.3, 0.4) is 0 Å². The van der Waals surface area contributed by atoms with Gasteiger partial charge in [-0.25, -0.2) is 0 Å². The molecule has 1 aromatic rings. The largest absolute Gasteiger partial charge is 0.302 e. The van der Waals surface area contributed by atoms with Crippen molar-refractivity contribution in [1.82, 2.24) is 4.90 Å². The van der Waals surface area contributed by atoms with E-state index in [1.807, 2.05) is 6.07 Å². The Balaban J connectivity index is 1.63. The van der Waals surface area contributed by atoms with Crippen LogP contribution in [0.25, 0.3) is 0 Å². The van der Waals surface area contributed by atoms with E-state index in [-0.39, 0.29) is 10.6 Å². The zero-order valence-electron chi connectivity index (χ0n) is 12.3. The van der Waals surface area contributed by atoms with Crippen molar-refractivity contribution >= 4 is 21.6 Å². The van der Waals surface area contributed by atoms with Crippen LogP contribution in [0.5, 0.6) is 0 Å². The van der Waals surface area contributed by atoms with Gasteiger partial charge in [-0.1, -0.05) is 18.6 Å². The van der Waals surface area contributed by atoms with Crippen LogP contribution < -0.4 is 0 Å². The number of nitro groups is 1. The van der Waals surface area contributed by atoms with E-state index >= 15 is 0 Å². The average molecular weight is 353 g/mol. The van der Waals surface area contributed by atoms with Gasteiger partial charge in [0.15, 0.2) is 0 Å². The summed E-state index contributed by atoms with van der Waals surface area (Å²) in [6.07, 6.45) is 5.65. The molecule has 0 amide bonds. The normalized spacial score (nSPS) is 27.5. The van der Waals surface area contributed by atoms with E-state index in [1.165, 1.54) is 25.7 Å². The molecule has 2 saturated carbocycles. The first kappa shape index (κ1) is 15.0. The number of hydrogen-bond donors (Lipinski definition) is 0. The van der Waals surface area contributed by atoms with E-state index in [1.54, 1.807) is 12.1 Å². The molecule has 0 aromatic heterocycles. The summed E-state index contributed by atoms with van der Waals surface area (Å²) in [6, 6.07) is 5.28. The molecule has 0 N–H and O–H groups in total. The molecule has 0 spiro atoms. The Labute approximate surface area is 133 Å². The fourth-order valence-corrected chi connectivity index (χ4v) is 4.72. The number of nitrogens with zero attached hydrogens (tertiary/aromatic N) is 2. The third-order valence-corrected chi connectivity index (χ3v) is 6.04. The van der Waals surface area contributed by atoms with Crippen molar-refractivity contribution in [2.45, 2.75) is 32.2 Å². The molecule has 3 atom stereocenters. The van der Waals surface area contributed by atoms with E-state index in [4.69, 9.17) is 0 Å². The highest BCUT2D eigenvalue weighted by molar-refractivity contribution is 9.10. The summed E-state index contributed by atoms with van der Waals surface area (Å²) >= 11 is 3.39. The van der Waals surface area contributed by atoms with E-state index < -0.39 is 0 Å². The van der Waals surface area contributed by atoms with Crippen LogP contribution in [0.1, 0.15) is 31.2 Å². The van der Waals surface area contributed by atoms with Gasteiger partial charge < -0.3 is 4.90 Å². The quantitative estimate of drug-likeness (QED) is 0.588. The van der Waals surface area contributed by atoms with Gasteiger partial charge in [0.1, 0.15) is 0 Å². The van der Waals surface area contributed by atoms with Crippen molar-refractivity contribution in [3.63, 3.8) is 0 Å². The predicted molar refractivity (Wildman–Crippen MR) is 86.1 cm³/mol. The van der Waals surface area contributed by atoms with Gasteiger partial charge in [0.05, 0.1) is 9.40 Å². The van der Waals surface area contributed by atoms with E-state index in [0.717, 1.165) is 36.4 Å². The molecule has 2 bridgehead atoms. The zero-order chi connectivity index (χ0) is 15.0. The lowest BCUT2D eigenvalue weighted by Gasteiger charge is -2.27. The summed E-state index contributed by atoms with van der Waals surface area (Å²) in [5, 5.41) is 11.0. The molecule has 2 aliphatic rings. The maximum Gasteiger partial charge on any atom is 0.283 e. The molecule has 0 radical (unpaired) electrons. The Kier molecular flexibility index (Phi) is 4.31. The van der Waals surface area contributed by atoms with Crippen molar-refractivity contribution in [2.24, 2.45) is 17.8 Å². The van der Waals surface area contributed by atoms with Crippen LogP contribution in [0, 0.1) is 27.9 Å². The molecule has 2 aliphatic carbocycles. The van der Waals surface area contributed by atoms with Crippen LogP contribution in [0.4, 0.5) is 5.69 Å². The average Bonchev–Trinajstić information content (AvgIpc) is 3.03. The minimum atomic E-state index is -0.330. The number of halogens is 1. The summed E-state index contributed by atoms with van der Waals surface area (Å²) in [4.78, 5) is 13.0. The topological polar surface area (TPSA) is 46.4 Å². The number of hydrogen-bond acceptors (Lipinski definition) is 3. The molecular formula is C16H21BrN2O2. The van der Waals surface area contributed by atoms with E-state index in [2.05, 4.69) is 27.9 Å². The fraction of sp³-hybridized carbons (Fsp3) is 0.625. The van der Waals surface area contributed by atoms with Gasteiger partial charge in [0.25, 0.3) is 5.69 Å². The molecule has 5 heteroatoms. The van der Waals surface area contributed by atoms with Gasteiger partial charge >= 0.3 is 0 Å². The molecule has 3 rings (SSSR count). The SMILES string of the molecule is CN(Cc1cccc([N+](=O)[O-])c1Br)CC1CC2CCC1C2. The zero-order valence-corrected chi connectivity index (χ0v) is 13.9. The summed E-state index contributed by atoms with van der Waals surface area (Å²) in [6.45, 7) is 1.87. The van der Waals surface area contributed by atoms with Gasteiger partial charge in [-0.15, -0.1) is 0 Å². The molecule has 0 aliphatic heterocycles. The van der Waals surface area contributed by atoms with Crippen LogP contribution in [-0.4, -0.2) is 23.4 Å². The van der Waals surface area contributed by atoms with Gasteiger partial charge in [0, 0.05) is 19.2 Å². The monoisotopic (exact) mass is 352 g/mol. The van der Waals surface area contributed by atoms with Crippen LogP contribution in [-0.2, 0) is 6.54 Å². The van der Waals surface area contributed by atoms with Crippen molar-refractivity contribution in [2.75, 3.05) is 13.6 Å². The van der Waals surface area contributed by atoms with Gasteiger partial charge in [-0.2, -0.15) is 0 Å². The van der Waals surface area contributed by atoms with Gasteiger partial charge in [-0.05, 0) is 65.6 Å². The smallest absolute Gasteiger partial charge is 0.283 e. The second kappa shape index (κ2) is 6.05. The third-order valence-electron chi connectivity index (χ3n) is 5.13. The lowest BCUT2D eigenvalue weighted by molar-refractivity contribution is -0.385. The number of nitro benzene ring substituents is 1. The Morgan fingerprint density at radius 1 is 1.38 bits per heavy atom. The van der Waals surface area contributed by atoms with Gasteiger partial charge in [0.2, 0.25) is 0 Å². The molecule has 0 heterocycles. The molecule has 4 nitrogen and oxygen atoms in total. The first-order valence-electron chi connectivity index (χ1n) is 7.65. The highest BCUT2D eigenvalue weighted by Gasteiger charge is 2.39. The minimum Gasteiger partial charge on any atom is -0.302 e. The third kappa shape index (κ3) is 3.14. The van der Waals surface area contributed by atoms with Crippen LogP contribution >= 0.6 is 15.9 Å². The second-order valence-corrected chi connectivity index (χ2v) is 7.43. The first-order chi connectivity index (χ1) is 10.0. The van der Waals surface area contributed by atoms with E-state index in [9.17, 15) is 10.1 Å². The maximum atomic E-state index is 11.0. The number of benzene rings is 1. The Bertz CT molecular complexity index is 549. The van der Waals surface area contributed by atoms with Crippen LogP contribution in [0.2, 0.25) is 0 Å². The summed E-state index contributed by atoms with van der Waals surface area (Å²) in [5.74, 6) is 2.72. The van der Waals surface area contributed by atoms with Crippen molar-refractivity contribution < 1.29 is 4.92 Å². The fourth-order valence-electron chi connectivity index (χ4n) is 4.19.